The van der Waals surface area contributed by atoms with E-state index in [2.05, 4.69) is 0 Å². The lowest BCUT2D eigenvalue weighted by Gasteiger charge is -2.29. The molecule has 0 saturated carbocycles. The van der Waals surface area contributed by atoms with E-state index < -0.39 is 17.4 Å². The van der Waals surface area contributed by atoms with E-state index in [1.54, 1.807) is 21.0 Å². The minimum Gasteiger partial charge on any atom is -0.496 e. The average Bonchev–Trinajstić information content (AvgIpc) is 2.31. The molecule has 0 fully saturated rings. The average molecular weight is 251 g/mol. The van der Waals surface area contributed by atoms with Crippen molar-refractivity contribution in [1.29, 1.82) is 0 Å². The standard InChI is InChI=1S/C14H21NO3/c1-8-9(2)11(18-5)7-6-10(8)12(15)14(3,4)13(16)17/h6-7,12H,15H2,1-5H3,(H,16,17). The molecule has 0 amide bonds. The Labute approximate surface area is 108 Å². The molecule has 0 spiro atoms. The molecule has 0 aliphatic rings. The highest BCUT2D eigenvalue weighted by Gasteiger charge is 2.36. The molecule has 0 bridgehead atoms. The molecule has 0 radical (unpaired) electrons. The molecule has 0 saturated heterocycles. The van der Waals surface area contributed by atoms with Crippen LogP contribution in [0, 0.1) is 19.3 Å². The number of hydrogen-bond acceptors (Lipinski definition) is 3. The number of benzene rings is 1. The first-order valence-corrected chi connectivity index (χ1v) is 5.86. The Morgan fingerprint density at radius 2 is 1.89 bits per heavy atom. The Hall–Kier alpha value is -1.55. The summed E-state index contributed by atoms with van der Waals surface area (Å²) < 4.78 is 5.24. The number of hydrogen-bond donors (Lipinski definition) is 2. The molecule has 0 aliphatic heterocycles. The lowest BCUT2D eigenvalue weighted by molar-refractivity contribution is -0.148. The second-order valence-corrected chi connectivity index (χ2v) is 5.11. The number of rotatable bonds is 4. The highest BCUT2D eigenvalue weighted by molar-refractivity contribution is 5.75. The van der Waals surface area contributed by atoms with Gasteiger partial charge in [-0.05, 0) is 50.5 Å². The van der Waals surface area contributed by atoms with Crippen molar-refractivity contribution in [1.82, 2.24) is 0 Å². The van der Waals surface area contributed by atoms with Crippen molar-refractivity contribution >= 4 is 5.97 Å². The van der Waals surface area contributed by atoms with Crippen LogP contribution in [0.3, 0.4) is 0 Å². The Kier molecular flexibility index (Phi) is 4.02. The quantitative estimate of drug-likeness (QED) is 0.862. The summed E-state index contributed by atoms with van der Waals surface area (Å²) in [6, 6.07) is 3.12. The van der Waals surface area contributed by atoms with E-state index in [9.17, 15) is 9.90 Å². The summed E-state index contributed by atoms with van der Waals surface area (Å²) in [6.45, 7) is 7.15. The SMILES string of the molecule is COc1ccc(C(N)C(C)(C)C(=O)O)c(C)c1C. The van der Waals surface area contributed by atoms with Gasteiger partial charge in [-0.2, -0.15) is 0 Å². The molecule has 1 unspecified atom stereocenters. The molecule has 0 aliphatic carbocycles. The van der Waals surface area contributed by atoms with E-state index in [4.69, 9.17) is 10.5 Å². The molecule has 4 heteroatoms. The first kappa shape index (κ1) is 14.5. The first-order chi connectivity index (χ1) is 8.23. The van der Waals surface area contributed by atoms with Crippen LogP contribution in [0.15, 0.2) is 12.1 Å². The lowest BCUT2D eigenvalue weighted by Crippen LogP contribution is -2.36. The van der Waals surface area contributed by atoms with Crippen molar-refractivity contribution in [2.45, 2.75) is 33.7 Å². The highest BCUT2D eigenvalue weighted by Crippen LogP contribution is 2.36. The fraction of sp³-hybridized carbons (Fsp3) is 0.500. The third kappa shape index (κ3) is 2.34. The Bertz CT molecular complexity index is 466. The molecule has 0 heterocycles. The number of carboxylic acids is 1. The van der Waals surface area contributed by atoms with Crippen LogP contribution < -0.4 is 10.5 Å². The summed E-state index contributed by atoms with van der Waals surface area (Å²) in [4.78, 5) is 11.3. The van der Waals surface area contributed by atoms with Crippen molar-refractivity contribution in [3.8, 4) is 5.75 Å². The predicted molar refractivity (Wildman–Crippen MR) is 70.8 cm³/mol. The van der Waals surface area contributed by atoms with Gasteiger partial charge in [-0.1, -0.05) is 6.07 Å². The van der Waals surface area contributed by atoms with E-state index in [-0.39, 0.29) is 0 Å². The van der Waals surface area contributed by atoms with Crippen LogP contribution in [-0.2, 0) is 4.79 Å². The van der Waals surface area contributed by atoms with Gasteiger partial charge in [0.1, 0.15) is 5.75 Å². The van der Waals surface area contributed by atoms with E-state index in [1.807, 2.05) is 26.0 Å². The first-order valence-electron chi connectivity index (χ1n) is 5.86. The molecular formula is C14H21NO3. The predicted octanol–water partition coefficient (Wildman–Crippen LogP) is 2.42. The largest absolute Gasteiger partial charge is 0.496 e. The summed E-state index contributed by atoms with van der Waals surface area (Å²) in [5, 5.41) is 9.23. The number of carboxylic acid groups (broad SMARTS) is 1. The molecule has 1 atom stereocenters. The second kappa shape index (κ2) is 4.98. The highest BCUT2D eigenvalue weighted by atomic mass is 16.5. The molecule has 1 aromatic rings. The van der Waals surface area contributed by atoms with Crippen LogP contribution in [0.4, 0.5) is 0 Å². The van der Waals surface area contributed by atoms with Gasteiger partial charge in [-0.3, -0.25) is 4.79 Å². The fourth-order valence-corrected chi connectivity index (χ4v) is 1.90. The topological polar surface area (TPSA) is 72.5 Å². The number of nitrogens with two attached hydrogens (primary N) is 1. The monoisotopic (exact) mass is 251 g/mol. The van der Waals surface area contributed by atoms with Gasteiger partial charge in [0.05, 0.1) is 12.5 Å². The van der Waals surface area contributed by atoms with Crippen molar-refractivity contribution in [2.24, 2.45) is 11.1 Å². The maximum Gasteiger partial charge on any atom is 0.311 e. The Morgan fingerprint density at radius 1 is 1.33 bits per heavy atom. The van der Waals surface area contributed by atoms with Crippen molar-refractivity contribution in [3.05, 3.63) is 28.8 Å². The smallest absolute Gasteiger partial charge is 0.311 e. The molecular weight excluding hydrogens is 230 g/mol. The van der Waals surface area contributed by atoms with Gasteiger partial charge < -0.3 is 15.6 Å². The van der Waals surface area contributed by atoms with E-state index in [1.165, 1.54) is 0 Å². The normalized spacial score (nSPS) is 13.2. The molecule has 3 N–H and O–H groups in total. The van der Waals surface area contributed by atoms with Crippen molar-refractivity contribution in [3.63, 3.8) is 0 Å². The maximum absolute atomic E-state index is 11.3. The molecule has 100 valence electrons. The molecule has 18 heavy (non-hydrogen) atoms. The summed E-state index contributed by atoms with van der Waals surface area (Å²) in [7, 11) is 1.61. The second-order valence-electron chi connectivity index (χ2n) is 5.11. The maximum atomic E-state index is 11.3. The van der Waals surface area contributed by atoms with Gasteiger partial charge in [-0.25, -0.2) is 0 Å². The van der Waals surface area contributed by atoms with Crippen LogP contribution in [0.2, 0.25) is 0 Å². The van der Waals surface area contributed by atoms with Gasteiger partial charge in [0, 0.05) is 6.04 Å². The number of aliphatic carboxylic acids is 1. The van der Waals surface area contributed by atoms with E-state index in [0.717, 1.165) is 22.4 Å². The Balaban J connectivity index is 3.27. The zero-order valence-electron chi connectivity index (χ0n) is 11.6. The molecule has 0 aromatic heterocycles. The third-order valence-electron chi connectivity index (χ3n) is 3.66. The zero-order chi connectivity index (χ0) is 14.1. The molecule has 4 nitrogen and oxygen atoms in total. The van der Waals surface area contributed by atoms with E-state index >= 15 is 0 Å². The Morgan fingerprint density at radius 3 is 2.33 bits per heavy atom. The summed E-state index contributed by atoms with van der Waals surface area (Å²) in [5.74, 6) is -0.112. The minimum absolute atomic E-state index is 0.556. The lowest BCUT2D eigenvalue weighted by atomic mass is 9.79. The van der Waals surface area contributed by atoms with Gasteiger partial charge in [0.25, 0.3) is 0 Å². The van der Waals surface area contributed by atoms with Gasteiger partial charge in [0.2, 0.25) is 0 Å². The third-order valence-corrected chi connectivity index (χ3v) is 3.66. The molecule has 1 aromatic carbocycles. The van der Waals surface area contributed by atoms with Crippen LogP contribution in [0.5, 0.6) is 5.75 Å². The van der Waals surface area contributed by atoms with Crippen LogP contribution in [-0.4, -0.2) is 18.2 Å². The fourth-order valence-electron chi connectivity index (χ4n) is 1.90. The summed E-state index contributed by atoms with van der Waals surface area (Å²) >= 11 is 0. The minimum atomic E-state index is -1.01. The zero-order valence-corrected chi connectivity index (χ0v) is 11.6. The van der Waals surface area contributed by atoms with E-state index in [0.29, 0.717) is 0 Å². The number of methoxy groups -OCH3 is 1. The number of ether oxygens (including phenoxy) is 1. The summed E-state index contributed by atoms with van der Waals surface area (Å²) in [6.07, 6.45) is 0. The van der Waals surface area contributed by atoms with Crippen LogP contribution >= 0.6 is 0 Å². The summed E-state index contributed by atoms with van der Waals surface area (Å²) in [5.41, 5.74) is 7.93. The molecule has 1 rings (SSSR count). The van der Waals surface area contributed by atoms with Crippen LogP contribution in [0.25, 0.3) is 0 Å². The van der Waals surface area contributed by atoms with Gasteiger partial charge in [0.15, 0.2) is 0 Å². The number of carbonyl (C=O) groups is 1. The van der Waals surface area contributed by atoms with Crippen LogP contribution in [0.1, 0.15) is 36.6 Å². The van der Waals surface area contributed by atoms with Gasteiger partial charge in [-0.15, -0.1) is 0 Å². The van der Waals surface area contributed by atoms with Gasteiger partial charge >= 0.3 is 5.97 Å². The van der Waals surface area contributed by atoms with Crippen molar-refractivity contribution in [2.75, 3.05) is 7.11 Å². The van der Waals surface area contributed by atoms with Crippen molar-refractivity contribution < 1.29 is 14.6 Å².